The number of nitrogens with zero attached hydrogens (tertiary/aromatic N) is 2. The largest absolute Gasteiger partial charge is 0.355 e. The third-order valence-corrected chi connectivity index (χ3v) is 2.61. The van der Waals surface area contributed by atoms with Gasteiger partial charge in [-0.25, -0.2) is 15.3 Å². The SMILES string of the molecule is O=C(CNc1n[nH]c(=O)[nH]c1=O)N/N=C/c1cccc(Cl)c1. The second kappa shape index (κ2) is 7.18. The molecule has 1 aromatic heterocycles. The first kappa shape index (κ1) is 15.4. The molecule has 0 saturated heterocycles. The van der Waals surface area contributed by atoms with E-state index in [1.165, 1.54) is 6.21 Å². The van der Waals surface area contributed by atoms with Gasteiger partial charge in [-0.2, -0.15) is 5.10 Å². The van der Waals surface area contributed by atoms with E-state index >= 15 is 0 Å². The van der Waals surface area contributed by atoms with E-state index < -0.39 is 17.2 Å². The standard InChI is InChI=1S/C12H11ClN6O3/c13-8-3-1-2-7(4-8)5-15-17-9(20)6-14-10-11(21)16-12(22)19-18-10/h1-5H,6H2,(H,14,18)(H,17,20)(H2,16,19,21,22)/b15-5+. The van der Waals surface area contributed by atoms with Crippen LogP contribution in [0.3, 0.4) is 0 Å². The van der Waals surface area contributed by atoms with Crippen molar-refractivity contribution in [1.29, 1.82) is 0 Å². The molecule has 2 aromatic rings. The fourth-order valence-electron chi connectivity index (χ4n) is 1.44. The summed E-state index contributed by atoms with van der Waals surface area (Å²) < 4.78 is 0. The van der Waals surface area contributed by atoms with Crippen LogP contribution in [0.4, 0.5) is 5.82 Å². The Bertz CT molecular complexity index is 813. The quantitative estimate of drug-likeness (QED) is 0.442. The summed E-state index contributed by atoms with van der Waals surface area (Å²) in [6.45, 7) is -0.241. The van der Waals surface area contributed by atoms with Crippen molar-refractivity contribution in [2.45, 2.75) is 0 Å². The average molecular weight is 323 g/mol. The maximum Gasteiger partial charge on any atom is 0.342 e. The minimum atomic E-state index is -0.730. The number of nitrogens with one attached hydrogen (secondary N) is 4. The van der Waals surface area contributed by atoms with Crippen molar-refractivity contribution < 1.29 is 4.79 Å². The van der Waals surface area contributed by atoms with Crippen LogP contribution >= 0.6 is 11.6 Å². The second-order valence-electron chi connectivity index (χ2n) is 4.06. The molecular formula is C12H11ClN6O3. The second-order valence-corrected chi connectivity index (χ2v) is 4.49. The zero-order chi connectivity index (χ0) is 15.9. The number of carbonyl (C=O) groups excluding carboxylic acids is 1. The fourth-order valence-corrected chi connectivity index (χ4v) is 1.64. The van der Waals surface area contributed by atoms with Crippen LogP contribution in [0.5, 0.6) is 0 Å². The van der Waals surface area contributed by atoms with E-state index in [9.17, 15) is 14.4 Å². The van der Waals surface area contributed by atoms with Crippen molar-refractivity contribution in [3.05, 3.63) is 55.7 Å². The van der Waals surface area contributed by atoms with Gasteiger partial charge in [0.25, 0.3) is 11.5 Å². The van der Waals surface area contributed by atoms with Crippen LogP contribution in [0.15, 0.2) is 39.0 Å². The Hall–Kier alpha value is -2.94. The van der Waals surface area contributed by atoms with Gasteiger partial charge < -0.3 is 5.32 Å². The maximum atomic E-state index is 11.5. The average Bonchev–Trinajstić information content (AvgIpc) is 2.46. The number of aromatic amines is 2. The Morgan fingerprint density at radius 2 is 2.23 bits per heavy atom. The van der Waals surface area contributed by atoms with Gasteiger partial charge in [-0.05, 0) is 17.7 Å². The van der Waals surface area contributed by atoms with Crippen LogP contribution in [0, 0.1) is 0 Å². The predicted octanol–water partition coefficient (Wildman–Crippen LogP) is -0.326. The number of anilines is 1. The van der Waals surface area contributed by atoms with E-state index in [1.807, 2.05) is 10.1 Å². The molecule has 4 N–H and O–H groups in total. The minimum absolute atomic E-state index is 0.173. The molecule has 2 rings (SSSR count). The molecule has 1 heterocycles. The summed E-state index contributed by atoms with van der Waals surface area (Å²) in [5.74, 6) is -0.667. The minimum Gasteiger partial charge on any atom is -0.355 e. The van der Waals surface area contributed by atoms with E-state index in [2.05, 4.69) is 20.9 Å². The van der Waals surface area contributed by atoms with Crippen LogP contribution in [-0.4, -0.2) is 33.8 Å². The van der Waals surface area contributed by atoms with Crippen molar-refractivity contribution in [1.82, 2.24) is 20.6 Å². The van der Waals surface area contributed by atoms with Crippen LogP contribution in [-0.2, 0) is 4.79 Å². The summed E-state index contributed by atoms with van der Waals surface area (Å²) in [5.41, 5.74) is 1.53. The Balaban J connectivity index is 1.85. The number of carbonyl (C=O) groups is 1. The Kier molecular flexibility index (Phi) is 5.04. The Labute approximate surface area is 128 Å². The van der Waals surface area contributed by atoms with Gasteiger partial charge in [0.15, 0.2) is 0 Å². The molecule has 114 valence electrons. The third-order valence-electron chi connectivity index (χ3n) is 2.38. The van der Waals surface area contributed by atoms with Crippen molar-refractivity contribution in [3.8, 4) is 0 Å². The normalized spacial score (nSPS) is 10.6. The monoisotopic (exact) mass is 322 g/mol. The number of aromatic nitrogens is 3. The molecular weight excluding hydrogens is 312 g/mol. The molecule has 0 aliphatic heterocycles. The molecule has 9 nitrogen and oxygen atoms in total. The molecule has 0 radical (unpaired) electrons. The van der Waals surface area contributed by atoms with E-state index in [4.69, 9.17) is 11.6 Å². The van der Waals surface area contributed by atoms with Gasteiger partial charge in [0.05, 0.1) is 12.8 Å². The molecule has 0 aliphatic carbocycles. The number of benzene rings is 1. The highest BCUT2D eigenvalue weighted by Gasteiger charge is 2.04. The van der Waals surface area contributed by atoms with Crippen LogP contribution < -0.4 is 22.0 Å². The molecule has 0 atom stereocenters. The van der Waals surface area contributed by atoms with Gasteiger partial charge in [-0.3, -0.25) is 14.6 Å². The van der Waals surface area contributed by atoms with Crippen LogP contribution in [0.1, 0.15) is 5.56 Å². The molecule has 0 fully saturated rings. The summed E-state index contributed by atoms with van der Waals surface area (Å²) in [6, 6.07) is 6.92. The maximum absolute atomic E-state index is 11.5. The molecule has 0 bridgehead atoms. The lowest BCUT2D eigenvalue weighted by Gasteiger charge is -2.02. The first-order valence-corrected chi connectivity index (χ1v) is 6.43. The number of hydrogen-bond acceptors (Lipinski definition) is 6. The Morgan fingerprint density at radius 3 is 2.95 bits per heavy atom. The number of rotatable bonds is 5. The smallest absolute Gasteiger partial charge is 0.342 e. The topological polar surface area (TPSA) is 132 Å². The molecule has 0 saturated carbocycles. The number of hydrazone groups is 1. The predicted molar refractivity (Wildman–Crippen MR) is 81.2 cm³/mol. The number of hydrogen-bond donors (Lipinski definition) is 4. The Morgan fingerprint density at radius 1 is 1.41 bits per heavy atom. The van der Waals surface area contributed by atoms with E-state index in [1.54, 1.807) is 24.3 Å². The van der Waals surface area contributed by atoms with Gasteiger partial charge in [-0.1, -0.05) is 23.7 Å². The molecule has 0 unspecified atom stereocenters. The van der Waals surface area contributed by atoms with Crippen molar-refractivity contribution in [2.75, 3.05) is 11.9 Å². The molecule has 1 amide bonds. The van der Waals surface area contributed by atoms with Gasteiger partial charge in [0.1, 0.15) is 0 Å². The summed E-state index contributed by atoms with van der Waals surface area (Å²) in [6.07, 6.45) is 1.43. The lowest BCUT2D eigenvalue weighted by molar-refractivity contribution is -0.119. The lowest BCUT2D eigenvalue weighted by atomic mass is 10.2. The summed E-state index contributed by atoms with van der Waals surface area (Å²) in [7, 11) is 0. The van der Waals surface area contributed by atoms with E-state index in [0.29, 0.717) is 5.02 Å². The van der Waals surface area contributed by atoms with Gasteiger partial charge in [0, 0.05) is 5.02 Å². The third kappa shape index (κ3) is 4.56. The molecule has 0 spiro atoms. The van der Waals surface area contributed by atoms with E-state index in [0.717, 1.165) is 5.56 Å². The zero-order valence-corrected chi connectivity index (χ0v) is 11.8. The molecule has 1 aromatic carbocycles. The molecule has 10 heteroatoms. The molecule has 0 aliphatic rings. The van der Waals surface area contributed by atoms with Crippen LogP contribution in [0.25, 0.3) is 0 Å². The number of amides is 1. The summed E-state index contributed by atoms with van der Waals surface area (Å²) >= 11 is 5.81. The summed E-state index contributed by atoms with van der Waals surface area (Å²) in [4.78, 5) is 35.6. The van der Waals surface area contributed by atoms with Gasteiger partial charge in [0.2, 0.25) is 5.82 Å². The lowest BCUT2D eigenvalue weighted by Crippen LogP contribution is -2.31. The first-order valence-electron chi connectivity index (χ1n) is 6.05. The fraction of sp³-hybridized carbons (Fsp3) is 0.0833. The van der Waals surface area contributed by atoms with Crippen molar-refractivity contribution in [2.24, 2.45) is 5.10 Å². The zero-order valence-electron chi connectivity index (χ0n) is 11.1. The van der Waals surface area contributed by atoms with Crippen LogP contribution in [0.2, 0.25) is 5.02 Å². The molecule has 22 heavy (non-hydrogen) atoms. The van der Waals surface area contributed by atoms with Gasteiger partial charge in [-0.15, -0.1) is 5.10 Å². The number of H-pyrrole nitrogens is 2. The van der Waals surface area contributed by atoms with Crippen molar-refractivity contribution in [3.63, 3.8) is 0 Å². The first-order chi connectivity index (χ1) is 10.5. The summed E-state index contributed by atoms with van der Waals surface area (Å²) in [5, 5.41) is 12.3. The van der Waals surface area contributed by atoms with E-state index in [-0.39, 0.29) is 12.4 Å². The highest BCUT2D eigenvalue weighted by atomic mass is 35.5. The number of halogens is 1. The van der Waals surface area contributed by atoms with Crippen molar-refractivity contribution >= 4 is 29.5 Å². The van der Waals surface area contributed by atoms with Gasteiger partial charge >= 0.3 is 5.69 Å². The highest BCUT2D eigenvalue weighted by molar-refractivity contribution is 6.30. The highest BCUT2D eigenvalue weighted by Crippen LogP contribution is 2.08.